The lowest BCUT2D eigenvalue weighted by Crippen LogP contribution is -2.55. The van der Waals surface area contributed by atoms with Crippen molar-refractivity contribution >= 4 is 103 Å². The third kappa shape index (κ3) is 7.30. The normalized spacial score (nSPS) is 18.4. The van der Waals surface area contributed by atoms with Gasteiger partial charge in [0.1, 0.15) is 0 Å². The van der Waals surface area contributed by atoms with Crippen molar-refractivity contribution < 1.29 is 9.59 Å². The first kappa shape index (κ1) is 26.2. The van der Waals surface area contributed by atoms with Crippen molar-refractivity contribution in [2.45, 2.75) is 26.7 Å². The van der Waals surface area contributed by atoms with Crippen LogP contribution in [0.15, 0.2) is 48.5 Å². The molecule has 0 aliphatic heterocycles. The van der Waals surface area contributed by atoms with Crippen LogP contribution < -0.4 is 21.3 Å². The zero-order chi connectivity index (χ0) is 24.2. The SMILES string of the molecule is CC1(C)C(CC(=O)NC(=S)Nc2ccc(I)cc2)CC1C(=O)NC(=S)Nc1ccc(I)cc1. The number of carbonyl (C=O) groups is 2. The number of benzene rings is 2. The summed E-state index contributed by atoms with van der Waals surface area (Å²) in [5.41, 5.74) is 1.31. The van der Waals surface area contributed by atoms with Crippen LogP contribution >= 0.6 is 69.6 Å². The maximum Gasteiger partial charge on any atom is 0.229 e. The van der Waals surface area contributed by atoms with E-state index in [1.165, 1.54) is 0 Å². The molecule has 174 valence electrons. The molecule has 1 aliphatic carbocycles. The molecule has 33 heavy (non-hydrogen) atoms. The Morgan fingerprint density at radius 1 is 0.879 bits per heavy atom. The van der Waals surface area contributed by atoms with Gasteiger partial charge in [0.25, 0.3) is 0 Å². The summed E-state index contributed by atoms with van der Waals surface area (Å²) >= 11 is 15.0. The van der Waals surface area contributed by atoms with Crippen molar-refractivity contribution in [3.8, 4) is 0 Å². The number of anilines is 2. The Morgan fingerprint density at radius 3 is 1.79 bits per heavy atom. The van der Waals surface area contributed by atoms with Crippen molar-refractivity contribution in [2.75, 3.05) is 10.6 Å². The zero-order valence-electron chi connectivity index (χ0n) is 18.1. The molecule has 6 nitrogen and oxygen atoms in total. The van der Waals surface area contributed by atoms with E-state index in [0.29, 0.717) is 12.8 Å². The number of thiocarbonyl (C=S) groups is 2. The molecule has 2 amide bonds. The zero-order valence-corrected chi connectivity index (χ0v) is 24.0. The molecule has 3 rings (SSSR count). The highest BCUT2D eigenvalue weighted by Gasteiger charge is 2.52. The van der Waals surface area contributed by atoms with Crippen LogP contribution in [0, 0.1) is 24.4 Å². The van der Waals surface area contributed by atoms with Crippen LogP contribution in [0.3, 0.4) is 0 Å². The van der Waals surface area contributed by atoms with Gasteiger partial charge in [-0.05, 0) is 136 Å². The van der Waals surface area contributed by atoms with Gasteiger partial charge in [0.2, 0.25) is 11.8 Å². The summed E-state index contributed by atoms with van der Waals surface area (Å²) in [6, 6.07) is 15.4. The maximum absolute atomic E-state index is 12.8. The first-order valence-corrected chi connectivity index (χ1v) is 13.3. The summed E-state index contributed by atoms with van der Waals surface area (Å²) in [7, 11) is 0. The van der Waals surface area contributed by atoms with Gasteiger partial charge < -0.3 is 21.3 Å². The van der Waals surface area contributed by atoms with Crippen LogP contribution in [0.4, 0.5) is 11.4 Å². The van der Waals surface area contributed by atoms with Gasteiger partial charge in [-0.3, -0.25) is 9.59 Å². The fourth-order valence-electron chi connectivity index (χ4n) is 3.80. The first-order chi connectivity index (χ1) is 15.5. The van der Waals surface area contributed by atoms with Gasteiger partial charge in [-0.15, -0.1) is 0 Å². The minimum absolute atomic E-state index is 0.0760. The highest BCUT2D eigenvalue weighted by atomic mass is 127. The topological polar surface area (TPSA) is 82.3 Å². The molecular weight excluding hydrogens is 682 g/mol. The summed E-state index contributed by atoms with van der Waals surface area (Å²) < 4.78 is 2.23. The summed E-state index contributed by atoms with van der Waals surface area (Å²) in [6.45, 7) is 4.02. The quantitative estimate of drug-likeness (QED) is 0.251. The van der Waals surface area contributed by atoms with Crippen LogP contribution in [0.5, 0.6) is 0 Å². The van der Waals surface area contributed by atoms with Gasteiger partial charge in [0.15, 0.2) is 10.2 Å². The van der Waals surface area contributed by atoms with Gasteiger partial charge >= 0.3 is 0 Å². The van der Waals surface area contributed by atoms with Crippen molar-refractivity contribution in [3.05, 3.63) is 55.7 Å². The van der Waals surface area contributed by atoms with Gasteiger partial charge in [0.05, 0.1) is 0 Å². The van der Waals surface area contributed by atoms with E-state index in [-0.39, 0.29) is 39.3 Å². The molecular formula is C23H24I2N4O2S2. The highest BCUT2D eigenvalue weighted by molar-refractivity contribution is 14.1. The van der Waals surface area contributed by atoms with Gasteiger partial charge in [0, 0.05) is 30.9 Å². The minimum Gasteiger partial charge on any atom is -0.332 e. The van der Waals surface area contributed by atoms with Crippen molar-refractivity contribution in [1.29, 1.82) is 0 Å². The van der Waals surface area contributed by atoms with E-state index >= 15 is 0 Å². The van der Waals surface area contributed by atoms with Crippen LogP contribution in [0.25, 0.3) is 0 Å². The van der Waals surface area contributed by atoms with E-state index in [9.17, 15) is 9.59 Å². The molecule has 2 aromatic rings. The summed E-state index contributed by atoms with van der Waals surface area (Å²) in [6.07, 6.45) is 0.923. The Hall–Kier alpha value is -1.38. The fourth-order valence-corrected chi connectivity index (χ4v) is 4.97. The monoisotopic (exact) mass is 706 g/mol. The average Bonchev–Trinajstić information content (AvgIpc) is 2.74. The molecule has 1 aliphatic rings. The average molecular weight is 706 g/mol. The number of amides is 2. The molecule has 2 unspecified atom stereocenters. The third-order valence-corrected chi connectivity index (χ3v) is 7.76. The summed E-state index contributed by atoms with van der Waals surface area (Å²) in [5, 5.41) is 12.1. The van der Waals surface area contributed by atoms with E-state index in [2.05, 4.69) is 66.4 Å². The van der Waals surface area contributed by atoms with Gasteiger partial charge in [-0.25, -0.2) is 0 Å². The fraction of sp³-hybridized carbons (Fsp3) is 0.304. The Kier molecular flexibility index (Phi) is 9.03. The molecule has 0 radical (unpaired) electrons. The van der Waals surface area contributed by atoms with Crippen LogP contribution in [-0.2, 0) is 9.59 Å². The molecule has 1 saturated carbocycles. The molecule has 0 bridgehead atoms. The molecule has 0 heterocycles. The van der Waals surface area contributed by atoms with Gasteiger partial charge in [-0.1, -0.05) is 13.8 Å². The van der Waals surface area contributed by atoms with E-state index < -0.39 is 0 Å². The number of halogens is 2. The molecule has 0 saturated heterocycles. The molecule has 10 heteroatoms. The Morgan fingerprint density at radius 2 is 1.33 bits per heavy atom. The van der Waals surface area contributed by atoms with Crippen molar-refractivity contribution in [3.63, 3.8) is 0 Å². The number of hydrogen-bond acceptors (Lipinski definition) is 4. The van der Waals surface area contributed by atoms with E-state index in [0.717, 1.165) is 18.5 Å². The maximum atomic E-state index is 12.8. The standard InChI is InChI=1S/C23H24I2N4O2S2/c1-23(2)13(12-19(30)28-21(32)26-16-7-3-14(24)4-8-16)11-18(23)20(31)29-22(33)27-17-9-5-15(25)6-10-17/h3-10,13,18H,11-12H2,1-2H3,(H2,26,28,30,32)(H2,27,29,31,33). The third-order valence-electron chi connectivity index (χ3n) is 5.91. The number of nitrogens with one attached hydrogen (secondary N) is 4. The first-order valence-electron chi connectivity index (χ1n) is 10.3. The summed E-state index contributed by atoms with van der Waals surface area (Å²) in [4.78, 5) is 25.3. The molecule has 2 atom stereocenters. The van der Waals surface area contributed by atoms with Gasteiger partial charge in [-0.2, -0.15) is 0 Å². The Labute approximate surface area is 231 Å². The van der Waals surface area contributed by atoms with E-state index in [1.807, 2.05) is 62.4 Å². The lowest BCUT2D eigenvalue weighted by molar-refractivity contribution is -0.143. The van der Waals surface area contributed by atoms with Crippen molar-refractivity contribution in [1.82, 2.24) is 10.6 Å². The smallest absolute Gasteiger partial charge is 0.229 e. The molecule has 4 N–H and O–H groups in total. The largest absolute Gasteiger partial charge is 0.332 e. The highest BCUT2D eigenvalue weighted by Crippen LogP contribution is 2.52. The second-order valence-electron chi connectivity index (χ2n) is 8.47. The predicted molar refractivity (Wildman–Crippen MR) is 157 cm³/mol. The predicted octanol–water partition coefficient (Wildman–Crippen LogP) is 5.27. The molecule has 0 spiro atoms. The lowest BCUT2D eigenvalue weighted by atomic mass is 9.53. The summed E-state index contributed by atoms with van der Waals surface area (Å²) in [5.74, 6) is -0.433. The molecule has 2 aromatic carbocycles. The molecule has 0 aromatic heterocycles. The number of hydrogen-bond donors (Lipinski definition) is 4. The lowest BCUT2D eigenvalue weighted by Gasteiger charge is -2.51. The van der Waals surface area contributed by atoms with Crippen LogP contribution in [0.1, 0.15) is 26.7 Å². The number of rotatable bonds is 5. The Bertz CT molecular complexity index is 1060. The van der Waals surface area contributed by atoms with Crippen LogP contribution in [0.2, 0.25) is 0 Å². The number of carbonyl (C=O) groups excluding carboxylic acids is 2. The van der Waals surface area contributed by atoms with E-state index in [4.69, 9.17) is 24.4 Å². The van der Waals surface area contributed by atoms with Crippen molar-refractivity contribution in [2.24, 2.45) is 17.3 Å². The Balaban J connectivity index is 1.45. The van der Waals surface area contributed by atoms with E-state index in [1.54, 1.807) is 0 Å². The molecule has 1 fully saturated rings. The second kappa shape index (κ2) is 11.4. The minimum atomic E-state index is -0.328. The van der Waals surface area contributed by atoms with Crippen LogP contribution in [-0.4, -0.2) is 22.0 Å². The second-order valence-corrected chi connectivity index (χ2v) is 11.8.